The number of carboxylic acids is 1. The highest BCUT2D eigenvalue weighted by atomic mass is 16.4. The molecule has 2 heteroatoms. The molecule has 0 aliphatic heterocycles. The number of aliphatic carboxylic acids is 1. The van der Waals surface area contributed by atoms with Gasteiger partial charge in [0.05, 0.1) is 0 Å². The van der Waals surface area contributed by atoms with E-state index in [0.717, 1.165) is 28.3 Å². The Hall–Kier alpha value is -2.79. The van der Waals surface area contributed by atoms with Crippen molar-refractivity contribution >= 4 is 12.0 Å². The van der Waals surface area contributed by atoms with Gasteiger partial charge in [0.25, 0.3) is 0 Å². The molecule has 1 N–H and O–H groups in total. The summed E-state index contributed by atoms with van der Waals surface area (Å²) in [5.74, 6) is 4.93. The van der Waals surface area contributed by atoms with Gasteiger partial charge in [-0.25, -0.2) is 4.79 Å². The number of rotatable bonds is 3. The molecule has 98 valence electrons. The van der Waals surface area contributed by atoms with E-state index in [2.05, 4.69) is 11.8 Å². The Bertz CT molecular complexity index is 681. The van der Waals surface area contributed by atoms with Crippen LogP contribution in [0.2, 0.25) is 0 Å². The van der Waals surface area contributed by atoms with Gasteiger partial charge in [-0.3, -0.25) is 0 Å². The first kappa shape index (κ1) is 13.6. The Kier molecular flexibility index (Phi) is 4.36. The Labute approximate surface area is 118 Å². The second-order valence-corrected chi connectivity index (χ2v) is 4.25. The summed E-state index contributed by atoms with van der Waals surface area (Å²) in [5, 5.41) is 8.58. The minimum atomic E-state index is -0.943. The summed E-state index contributed by atoms with van der Waals surface area (Å²) in [7, 11) is 0. The predicted octanol–water partition coefficient (Wildman–Crippen LogP) is 3.82. The Morgan fingerprint density at radius 2 is 1.55 bits per heavy atom. The van der Waals surface area contributed by atoms with Gasteiger partial charge < -0.3 is 5.11 Å². The average molecular weight is 262 g/mol. The van der Waals surface area contributed by atoms with E-state index < -0.39 is 5.97 Å². The van der Waals surface area contributed by atoms with Crippen molar-refractivity contribution in [1.82, 2.24) is 0 Å². The van der Waals surface area contributed by atoms with Crippen molar-refractivity contribution in [2.75, 3.05) is 0 Å². The summed E-state index contributed by atoms with van der Waals surface area (Å²) in [5.41, 5.74) is 4.07. The number of benzene rings is 2. The lowest BCUT2D eigenvalue weighted by Gasteiger charge is -2.02. The van der Waals surface area contributed by atoms with E-state index in [-0.39, 0.29) is 0 Å². The summed E-state index contributed by atoms with van der Waals surface area (Å²) in [6.07, 6.45) is 2.71. The van der Waals surface area contributed by atoms with E-state index in [0.29, 0.717) is 0 Å². The molecule has 0 saturated heterocycles. The summed E-state index contributed by atoms with van der Waals surface area (Å²) >= 11 is 0. The van der Waals surface area contributed by atoms with E-state index in [1.807, 2.05) is 55.5 Å². The van der Waals surface area contributed by atoms with Gasteiger partial charge in [-0.05, 0) is 41.8 Å². The summed E-state index contributed by atoms with van der Waals surface area (Å²) in [4.78, 5) is 10.4. The third-order valence-electron chi connectivity index (χ3n) is 2.82. The number of hydrogen-bond acceptors (Lipinski definition) is 1. The molecular weight excluding hydrogens is 248 g/mol. The maximum Gasteiger partial charge on any atom is 0.328 e. The molecule has 0 amide bonds. The van der Waals surface area contributed by atoms with Gasteiger partial charge in [-0.2, -0.15) is 0 Å². The highest BCUT2D eigenvalue weighted by Gasteiger charge is 1.97. The lowest BCUT2D eigenvalue weighted by molar-refractivity contribution is -0.131. The monoisotopic (exact) mass is 262 g/mol. The third-order valence-corrected chi connectivity index (χ3v) is 2.82. The molecule has 2 aromatic carbocycles. The molecule has 2 rings (SSSR count). The quantitative estimate of drug-likeness (QED) is 0.674. The minimum Gasteiger partial charge on any atom is -0.478 e. The zero-order valence-corrected chi connectivity index (χ0v) is 11.1. The van der Waals surface area contributed by atoms with Crippen molar-refractivity contribution in [1.29, 1.82) is 0 Å². The van der Waals surface area contributed by atoms with Crippen LogP contribution in [0.4, 0.5) is 0 Å². The molecule has 0 atom stereocenters. The van der Waals surface area contributed by atoms with E-state index >= 15 is 0 Å². The standard InChI is InChI=1S/C18H14O2/c1-2-3-14-4-9-16(10-5-14)17-11-6-15(7-12-17)8-13-18(19)20/h4-13H,1H3,(H,19,20)/b13-8+. The van der Waals surface area contributed by atoms with Crippen molar-refractivity contribution in [3.8, 4) is 23.0 Å². The van der Waals surface area contributed by atoms with Crippen molar-refractivity contribution in [3.05, 3.63) is 65.7 Å². The first-order valence-corrected chi connectivity index (χ1v) is 6.23. The second-order valence-electron chi connectivity index (χ2n) is 4.25. The molecule has 0 aliphatic rings. The first-order valence-electron chi connectivity index (χ1n) is 6.23. The Balaban J connectivity index is 2.20. The maximum absolute atomic E-state index is 10.4. The van der Waals surface area contributed by atoms with Crippen molar-refractivity contribution < 1.29 is 9.90 Å². The van der Waals surface area contributed by atoms with E-state index in [1.54, 1.807) is 6.08 Å². The highest BCUT2D eigenvalue weighted by Crippen LogP contribution is 2.20. The van der Waals surface area contributed by atoms with Gasteiger partial charge >= 0.3 is 5.97 Å². The van der Waals surface area contributed by atoms with Crippen LogP contribution < -0.4 is 0 Å². The van der Waals surface area contributed by atoms with Crippen LogP contribution in [0.15, 0.2) is 54.6 Å². The maximum atomic E-state index is 10.4. The molecule has 0 aromatic heterocycles. The number of carboxylic acid groups (broad SMARTS) is 1. The van der Waals surface area contributed by atoms with Gasteiger partial charge in [-0.1, -0.05) is 42.3 Å². The van der Waals surface area contributed by atoms with Gasteiger partial charge in [0, 0.05) is 11.6 Å². The smallest absolute Gasteiger partial charge is 0.328 e. The summed E-state index contributed by atoms with van der Waals surface area (Å²) in [6.45, 7) is 1.82. The topological polar surface area (TPSA) is 37.3 Å². The van der Waals surface area contributed by atoms with Crippen LogP contribution in [-0.2, 0) is 4.79 Å². The molecule has 0 spiro atoms. The molecular formula is C18H14O2. The predicted molar refractivity (Wildman–Crippen MR) is 81.1 cm³/mol. The van der Waals surface area contributed by atoms with Gasteiger partial charge in [0.1, 0.15) is 0 Å². The van der Waals surface area contributed by atoms with Gasteiger partial charge in [-0.15, -0.1) is 5.92 Å². The Morgan fingerprint density at radius 3 is 2.05 bits per heavy atom. The molecule has 0 heterocycles. The minimum absolute atomic E-state index is 0.865. The van der Waals surface area contributed by atoms with E-state index in [1.165, 1.54) is 0 Å². The SMILES string of the molecule is CC#Cc1ccc(-c2ccc(/C=C/C(=O)O)cc2)cc1. The van der Waals surface area contributed by atoms with Crippen molar-refractivity contribution in [2.45, 2.75) is 6.92 Å². The molecule has 0 bridgehead atoms. The number of carbonyl (C=O) groups is 1. The van der Waals surface area contributed by atoms with Crippen LogP contribution >= 0.6 is 0 Å². The summed E-state index contributed by atoms with van der Waals surface area (Å²) in [6, 6.07) is 15.8. The van der Waals surface area contributed by atoms with Gasteiger partial charge in [0.2, 0.25) is 0 Å². The van der Waals surface area contributed by atoms with Crippen LogP contribution in [0.3, 0.4) is 0 Å². The molecule has 20 heavy (non-hydrogen) atoms. The fraction of sp³-hybridized carbons (Fsp3) is 0.0556. The lowest BCUT2D eigenvalue weighted by Crippen LogP contribution is -1.85. The fourth-order valence-corrected chi connectivity index (χ4v) is 1.84. The van der Waals surface area contributed by atoms with E-state index in [9.17, 15) is 4.79 Å². The largest absolute Gasteiger partial charge is 0.478 e. The molecule has 2 aromatic rings. The van der Waals surface area contributed by atoms with Gasteiger partial charge in [0.15, 0.2) is 0 Å². The molecule has 0 unspecified atom stereocenters. The highest BCUT2D eigenvalue weighted by molar-refractivity contribution is 5.85. The zero-order chi connectivity index (χ0) is 14.4. The van der Waals surface area contributed by atoms with Crippen molar-refractivity contribution in [3.63, 3.8) is 0 Å². The third kappa shape index (κ3) is 3.60. The average Bonchev–Trinajstić information content (AvgIpc) is 2.47. The van der Waals surface area contributed by atoms with Crippen LogP contribution in [0.5, 0.6) is 0 Å². The summed E-state index contributed by atoms with van der Waals surface area (Å²) < 4.78 is 0. The molecule has 0 aliphatic carbocycles. The second kappa shape index (κ2) is 6.40. The normalized spacial score (nSPS) is 10.1. The van der Waals surface area contributed by atoms with Crippen LogP contribution in [0.25, 0.3) is 17.2 Å². The van der Waals surface area contributed by atoms with Crippen LogP contribution in [-0.4, -0.2) is 11.1 Å². The lowest BCUT2D eigenvalue weighted by atomic mass is 10.0. The molecule has 0 saturated carbocycles. The van der Waals surface area contributed by atoms with E-state index in [4.69, 9.17) is 5.11 Å². The van der Waals surface area contributed by atoms with Crippen molar-refractivity contribution in [2.24, 2.45) is 0 Å². The molecule has 2 nitrogen and oxygen atoms in total. The zero-order valence-electron chi connectivity index (χ0n) is 11.1. The van der Waals surface area contributed by atoms with Crippen LogP contribution in [0.1, 0.15) is 18.1 Å². The fourth-order valence-electron chi connectivity index (χ4n) is 1.84. The number of hydrogen-bond donors (Lipinski definition) is 1. The Morgan fingerprint density at radius 1 is 1.00 bits per heavy atom. The molecule has 0 fully saturated rings. The molecule has 0 radical (unpaired) electrons. The first-order chi connectivity index (χ1) is 9.69. The van der Waals surface area contributed by atoms with Crippen LogP contribution in [0, 0.1) is 11.8 Å².